The van der Waals surface area contributed by atoms with E-state index in [9.17, 15) is 9.90 Å². The van der Waals surface area contributed by atoms with Crippen molar-refractivity contribution in [3.05, 3.63) is 64.7 Å². The van der Waals surface area contributed by atoms with Gasteiger partial charge in [0, 0.05) is 16.1 Å². The third-order valence-corrected chi connectivity index (χ3v) is 5.51. The molecular weight excluding hydrogens is 376 g/mol. The van der Waals surface area contributed by atoms with Crippen LogP contribution in [0.4, 0.5) is 0 Å². The van der Waals surface area contributed by atoms with Gasteiger partial charge in [-0.15, -0.1) is 0 Å². The van der Waals surface area contributed by atoms with E-state index in [1.165, 1.54) is 10.5 Å². The highest BCUT2D eigenvalue weighted by atomic mass is 35.5. The van der Waals surface area contributed by atoms with Gasteiger partial charge in [-0.05, 0) is 43.3 Å². The summed E-state index contributed by atoms with van der Waals surface area (Å²) in [5, 5.41) is 11.1. The highest BCUT2D eigenvalue weighted by molar-refractivity contribution is 6.30. The number of ether oxygens (including phenoxy) is 1. The van der Waals surface area contributed by atoms with Gasteiger partial charge in [-0.3, -0.25) is 4.79 Å². The van der Waals surface area contributed by atoms with Gasteiger partial charge in [0.25, 0.3) is 0 Å². The maximum Gasteiger partial charge on any atom is 0.159 e. The highest BCUT2D eigenvalue weighted by Crippen LogP contribution is 2.12. The lowest BCUT2D eigenvalue weighted by molar-refractivity contribution is -1.02. The van der Waals surface area contributed by atoms with Gasteiger partial charge in [-0.25, -0.2) is 0 Å². The second-order valence-corrected chi connectivity index (χ2v) is 7.99. The van der Waals surface area contributed by atoms with Crippen molar-refractivity contribution < 1.29 is 24.4 Å². The quantitative estimate of drug-likeness (QED) is 0.553. The van der Waals surface area contributed by atoms with Gasteiger partial charge in [0.15, 0.2) is 5.78 Å². The summed E-state index contributed by atoms with van der Waals surface area (Å²) in [6, 6.07) is 15.1. The first-order valence-electron chi connectivity index (χ1n) is 9.83. The summed E-state index contributed by atoms with van der Waals surface area (Å²) in [5.74, 6) is 0.712. The summed E-state index contributed by atoms with van der Waals surface area (Å²) in [7, 11) is 0. The average Bonchev–Trinajstić information content (AvgIpc) is 2.70. The molecule has 3 rings (SSSR count). The van der Waals surface area contributed by atoms with Crippen molar-refractivity contribution in [2.75, 3.05) is 39.3 Å². The number of carbonyl (C=O) groups is 1. The molecule has 0 aliphatic carbocycles. The fraction of sp³-hybridized carbons (Fsp3) is 0.409. The molecule has 28 heavy (non-hydrogen) atoms. The molecule has 6 heteroatoms. The molecule has 2 aromatic rings. The molecule has 5 nitrogen and oxygen atoms in total. The van der Waals surface area contributed by atoms with E-state index in [-0.39, 0.29) is 12.4 Å². The van der Waals surface area contributed by atoms with Crippen molar-refractivity contribution in [3.63, 3.8) is 0 Å². The van der Waals surface area contributed by atoms with Crippen molar-refractivity contribution in [1.29, 1.82) is 0 Å². The molecule has 150 valence electrons. The second-order valence-electron chi connectivity index (χ2n) is 7.55. The molecule has 1 aliphatic heterocycles. The van der Waals surface area contributed by atoms with Gasteiger partial charge in [0.05, 0.1) is 0 Å². The fourth-order valence-corrected chi connectivity index (χ4v) is 3.73. The third-order valence-electron chi connectivity index (χ3n) is 5.26. The highest BCUT2D eigenvalue weighted by Gasteiger charge is 2.25. The molecule has 0 bridgehead atoms. The minimum Gasteiger partial charge on any atom is -0.491 e. The van der Waals surface area contributed by atoms with E-state index in [4.69, 9.17) is 16.3 Å². The molecule has 1 fully saturated rings. The molecule has 3 N–H and O–H groups in total. The zero-order chi connectivity index (χ0) is 19.9. The van der Waals surface area contributed by atoms with E-state index in [2.05, 4.69) is 12.1 Å². The van der Waals surface area contributed by atoms with Crippen molar-refractivity contribution in [2.45, 2.75) is 19.6 Å². The Morgan fingerprint density at radius 2 is 1.64 bits per heavy atom. The first kappa shape index (κ1) is 20.8. The van der Waals surface area contributed by atoms with Crippen LogP contribution in [0, 0.1) is 0 Å². The van der Waals surface area contributed by atoms with Crippen LogP contribution in [-0.2, 0) is 6.54 Å². The van der Waals surface area contributed by atoms with Crippen molar-refractivity contribution in [2.24, 2.45) is 0 Å². The Morgan fingerprint density at radius 1 is 1.04 bits per heavy atom. The Hall–Kier alpha value is -1.92. The molecule has 1 atom stereocenters. The second kappa shape index (κ2) is 10.0. The van der Waals surface area contributed by atoms with Crippen LogP contribution >= 0.6 is 11.6 Å². The van der Waals surface area contributed by atoms with Gasteiger partial charge in [-0.1, -0.05) is 23.7 Å². The number of hydrogen-bond donors (Lipinski definition) is 3. The summed E-state index contributed by atoms with van der Waals surface area (Å²) >= 11 is 5.95. The summed E-state index contributed by atoms with van der Waals surface area (Å²) < 4.78 is 5.66. The number of nitrogens with one attached hydrogen (secondary N) is 2. The number of ketones is 1. The molecule has 1 heterocycles. The summed E-state index contributed by atoms with van der Waals surface area (Å²) in [6.07, 6.45) is -0.500. The molecule has 0 amide bonds. The molecular formula is C22H29ClN2O3+2. The number of piperazine rings is 1. The first-order chi connectivity index (χ1) is 13.5. The smallest absolute Gasteiger partial charge is 0.159 e. The number of hydrogen-bond acceptors (Lipinski definition) is 3. The van der Waals surface area contributed by atoms with Crippen LogP contribution in [0.3, 0.4) is 0 Å². The van der Waals surface area contributed by atoms with Gasteiger partial charge in [0.1, 0.15) is 57.7 Å². The van der Waals surface area contributed by atoms with E-state index in [0.717, 1.165) is 37.7 Å². The van der Waals surface area contributed by atoms with Crippen LogP contribution in [0.2, 0.25) is 5.02 Å². The SMILES string of the molecule is CC(=O)c1ccc(OC[C@H](O)C[NH+]2CC[NH+](Cc3ccc(Cl)cc3)CC2)cc1. The maximum atomic E-state index is 11.3. The summed E-state index contributed by atoms with van der Waals surface area (Å²) in [4.78, 5) is 14.3. The number of quaternary nitrogens is 2. The minimum atomic E-state index is -0.500. The molecule has 0 saturated carbocycles. The van der Waals surface area contributed by atoms with Crippen molar-refractivity contribution >= 4 is 17.4 Å². The van der Waals surface area contributed by atoms with E-state index in [0.29, 0.717) is 17.9 Å². The summed E-state index contributed by atoms with van der Waals surface area (Å²) in [5.41, 5.74) is 1.98. The summed E-state index contributed by atoms with van der Waals surface area (Å²) in [6.45, 7) is 7.81. The van der Waals surface area contributed by atoms with Crippen molar-refractivity contribution in [1.82, 2.24) is 0 Å². The number of benzene rings is 2. The van der Waals surface area contributed by atoms with E-state index < -0.39 is 6.10 Å². The van der Waals surface area contributed by atoms with E-state index in [1.807, 2.05) is 12.1 Å². The van der Waals surface area contributed by atoms with Gasteiger partial charge in [-0.2, -0.15) is 0 Å². The van der Waals surface area contributed by atoms with Crippen LogP contribution < -0.4 is 14.5 Å². The van der Waals surface area contributed by atoms with Crippen LogP contribution in [0.1, 0.15) is 22.8 Å². The number of Topliss-reactive ketones (excluding diaryl/α,β-unsaturated/α-hetero) is 1. The minimum absolute atomic E-state index is 0.0347. The topological polar surface area (TPSA) is 55.4 Å². The Bertz CT molecular complexity index is 756. The molecule has 1 aliphatic rings. The van der Waals surface area contributed by atoms with Crippen LogP contribution in [0.5, 0.6) is 5.75 Å². The Kier molecular flexibility index (Phi) is 7.45. The standard InChI is InChI=1S/C22H27ClN2O3/c1-17(26)19-4-8-22(9-5-19)28-16-21(27)15-25-12-10-24(11-13-25)14-18-2-6-20(23)7-3-18/h2-9,21,27H,10-16H2,1H3/p+2/t21-/m1/s1. The lowest BCUT2D eigenvalue weighted by Crippen LogP contribution is -3.28. The number of halogens is 1. The zero-order valence-corrected chi connectivity index (χ0v) is 17.0. The Balaban J connectivity index is 1.36. The van der Waals surface area contributed by atoms with Gasteiger partial charge in [0.2, 0.25) is 0 Å². The average molecular weight is 405 g/mol. The van der Waals surface area contributed by atoms with Crippen molar-refractivity contribution in [3.8, 4) is 5.75 Å². The predicted molar refractivity (Wildman–Crippen MR) is 109 cm³/mol. The van der Waals surface area contributed by atoms with Crippen LogP contribution in [0.15, 0.2) is 48.5 Å². The molecule has 0 spiro atoms. The number of aliphatic hydroxyl groups excluding tert-OH is 1. The molecule has 2 aromatic carbocycles. The maximum absolute atomic E-state index is 11.3. The van der Waals surface area contributed by atoms with E-state index in [1.54, 1.807) is 36.1 Å². The zero-order valence-electron chi connectivity index (χ0n) is 16.3. The first-order valence-corrected chi connectivity index (χ1v) is 10.2. The number of aliphatic hydroxyl groups is 1. The number of carbonyl (C=O) groups excluding carboxylic acids is 1. The third kappa shape index (κ3) is 6.31. The molecule has 0 aromatic heterocycles. The molecule has 1 saturated heterocycles. The fourth-order valence-electron chi connectivity index (χ4n) is 3.60. The molecule has 0 unspecified atom stereocenters. The van der Waals surface area contributed by atoms with Gasteiger partial charge >= 0.3 is 0 Å². The monoisotopic (exact) mass is 404 g/mol. The normalized spacial score (nSPS) is 20.5. The Morgan fingerprint density at radius 3 is 2.25 bits per heavy atom. The lowest BCUT2D eigenvalue weighted by Gasteiger charge is -2.30. The van der Waals surface area contributed by atoms with Crippen LogP contribution in [-0.4, -0.2) is 56.3 Å². The largest absolute Gasteiger partial charge is 0.491 e. The van der Waals surface area contributed by atoms with Crippen LogP contribution in [0.25, 0.3) is 0 Å². The van der Waals surface area contributed by atoms with Gasteiger partial charge < -0.3 is 19.6 Å². The number of rotatable bonds is 8. The predicted octanol–water partition coefficient (Wildman–Crippen LogP) is 0.266. The lowest BCUT2D eigenvalue weighted by atomic mass is 10.1. The van der Waals surface area contributed by atoms with E-state index >= 15 is 0 Å². The Labute approximate surface area is 171 Å². The molecule has 0 radical (unpaired) electrons.